The van der Waals surface area contributed by atoms with Crippen molar-refractivity contribution >= 4 is 23.6 Å². The van der Waals surface area contributed by atoms with Crippen molar-refractivity contribution in [2.75, 3.05) is 27.2 Å². The molecule has 2 N–H and O–H groups in total. The summed E-state index contributed by atoms with van der Waals surface area (Å²) in [6.45, 7) is 1.06. The summed E-state index contributed by atoms with van der Waals surface area (Å²) in [7, 11) is 3.45. The molecule has 232 valence electrons. The number of nitrogens with one attached hydrogen (secondary N) is 2. The molecule has 2 aromatic rings. The van der Waals surface area contributed by atoms with Gasteiger partial charge in [-0.05, 0) is 49.8 Å². The molecule has 0 unspecified atom stereocenters. The zero-order valence-electron chi connectivity index (χ0n) is 25.6. The molecular weight excluding hydrogens is 544 g/mol. The van der Waals surface area contributed by atoms with E-state index in [1.165, 1.54) is 4.90 Å². The van der Waals surface area contributed by atoms with Gasteiger partial charge in [-0.25, -0.2) is 0 Å². The lowest BCUT2D eigenvalue weighted by atomic mass is 10.0. The third-order valence-electron chi connectivity index (χ3n) is 8.54. The fraction of sp³-hybridized carbons (Fsp3) is 0.529. The van der Waals surface area contributed by atoms with Crippen molar-refractivity contribution in [2.24, 2.45) is 0 Å². The van der Waals surface area contributed by atoms with E-state index in [1.54, 1.807) is 37.2 Å². The van der Waals surface area contributed by atoms with Crippen molar-refractivity contribution in [2.45, 2.75) is 88.8 Å². The van der Waals surface area contributed by atoms with Crippen LogP contribution in [0.4, 0.5) is 0 Å². The number of para-hydroxylation sites is 1. The molecule has 1 aliphatic heterocycles. The van der Waals surface area contributed by atoms with Gasteiger partial charge in [-0.2, -0.15) is 0 Å². The van der Waals surface area contributed by atoms with Crippen LogP contribution in [0.1, 0.15) is 80.1 Å². The van der Waals surface area contributed by atoms with Gasteiger partial charge in [-0.15, -0.1) is 0 Å². The molecule has 0 saturated heterocycles. The number of carbonyl (C=O) groups is 4. The molecule has 4 amide bonds. The van der Waals surface area contributed by atoms with E-state index in [2.05, 4.69) is 10.6 Å². The average molecular weight is 591 g/mol. The van der Waals surface area contributed by atoms with Gasteiger partial charge < -0.3 is 25.2 Å². The predicted octanol–water partition coefficient (Wildman–Crippen LogP) is 4.10. The third kappa shape index (κ3) is 9.30. The van der Waals surface area contributed by atoms with Gasteiger partial charge >= 0.3 is 0 Å². The number of rotatable bonds is 4. The third-order valence-corrected chi connectivity index (χ3v) is 8.54. The van der Waals surface area contributed by atoms with Crippen LogP contribution < -0.4 is 15.4 Å². The van der Waals surface area contributed by atoms with Gasteiger partial charge in [-0.3, -0.25) is 19.2 Å². The van der Waals surface area contributed by atoms with E-state index in [0.717, 1.165) is 56.9 Å². The van der Waals surface area contributed by atoms with Gasteiger partial charge in [0, 0.05) is 39.5 Å². The SMILES string of the molecule is CN1CCCCCCOc2ccccc2C(=O)N[C@H](C(=O)NC2CCCC2)CCC(=O)N(C)[C@@H](Cc2ccccc2)C1=O. The van der Waals surface area contributed by atoms with Crippen LogP contribution in [0, 0.1) is 0 Å². The van der Waals surface area contributed by atoms with Crippen molar-refractivity contribution in [3.05, 3.63) is 65.7 Å². The van der Waals surface area contributed by atoms with Gasteiger partial charge in [0.1, 0.15) is 17.8 Å². The van der Waals surface area contributed by atoms with E-state index in [1.807, 2.05) is 36.4 Å². The molecule has 1 heterocycles. The van der Waals surface area contributed by atoms with Crippen LogP contribution in [0.25, 0.3) is 0 Å². The molecule has 0 bridgehead atoms. The summed E-state index contributed by atoms with van der Waals surface area (Å²) in [6, 6.07) is 15.2. The average Bonchev–Trinajstić information content (AvgIpc) is 3.53. The molecule has 0 spiro atoms. The number of likely N-dealkylation sites (N-methyl/N-ethyl adjacent to an activating group) is 2. The zero-order valence-corrected chi connectivity index (χ0v) is 25.6. The van der Waals surface area contributed by atoms with Crippen LogP contribution >= 0.6 is 0 Å². The summed E-state index contributed by atoms with van der Waals surface area (Å²) >= 11 is 0. The lowest BCUT2D eigenvalue weighted by Gasteiger charge is -2.31. The summed E-state index contributed by atoms with van der Waals surface area (Å²) < 4.78 is 5.98. The van der Waals surface area contributed by atoms with Crippen LogP contribution in [0.5, 0.6) is 5.75 Å². The quantitative estimate of drug-likeness (QED) is 0.558. The minimum atomic E-state index is -0.911. The Labute approximate surface area is 255 Å². The van der Waals surface area contributed by atoms with Crippen LogP contribution in [-0.2, 0) is 20.8 Å². The van der Waals surface area contributed by atoms with Crippen LogP contribution in [0.15, 0.2) is 54.6 Å². The lowest BCUT2D eigenvalue weighted by Crippen LogP contribution is -2.51. The van der Waals surface area contributed by atoms with Gasteiger partial charge in [0.2, 0.25) is 17.7 Å². The zero-order chi connectivity index (χ0) is 30.6. The second-order valence-corrected chi connectivity index (χ2v) is 11.8. The molecular formula is C34H46N4O5. The highest BCUT2D eigenvalue weighted by Crippen LogP contribution is 2.21. The highest BCUT2D eigenvalue weighted by atomic mass is 16.5. The molecule has 0 aromatic heterocycles. The van der Waals surface area contributed by atoms with Crippen LogP contribution in [0.2, 0.25) is 0 Å². The first-order chi connectivity index (χ1) is 20.8. The normalized spacial score (nSPS) is 22.0. The maximum Gasteiger partial charge on any atom is 0.255 e. The second kappa shape index (κ2) is 16.1. The molecule has 2 aromatic carbocycles. The van der Waals surface area contributed by atoms with Gasteiger partial charge in [0.05, 0.1) is 12.2 Å². The van der Waals surface area contributed by atoms with Crippen LogP contribution in [0.3, 0.4) is 0 Å². The largest absolute Gasteiger partial charge is 0.493 e. The topological polar surface area (TPSA) is 108 Å². The molecule has 1 aliphatic carbocycles. The summed E-state index contributed by atoms with van der Waals surface area (Å²) in [5, 5.41) is 5.96. The van der Waals surface area contributed by atoms with E-state index >= 15 is 0 Å². The predicted molar refractivity (Wildman–Crippen MR) is 166 cm³/mol. The number of benzene rings is 2. The highest BCUT2D eigenvalue weighted by Gasteiger charge is 2.32. The maximum absolute atomic E-state index is 13.7. The Morgan fingerprint density at radius 1 is 0.884 bits per heavy atom. The van der Waals surface area contributed by atoms with Crippen molar-refractivity contribution in [3.8, 4) is 5.75 Å². The van der Waals surface area contributed by atoms with Gasteiger partial charge in [0.25, 0.3) is 5.91 Å². The first kappa shape index (κ1) is 32.0. The Bertz CT molecular complexity index is 1230. The first-order valence-corrected chi connectivity index (χ1v) is 15.7. The van der Waals surface area contributed by atoms with E-state index < -0.39 is 18.0 Å². The molecule has 9 nitrogen and oxygen atoms in total. The number of carbonyl (C=O) groups excluding carboxylic acids is 4. The maximum atomic E-state index is 13.7. The summed E-state index contributed by atoms with van der Waals surface area (Å²) in [4.78, 5) is 57.4. The Morgan fingerprint density at radius 3 is 2.35 bits per heavy atom. The van der Waals surface area contributed by atoms with E-state index in [4.69, 9.17) is 4.74 Å². The number of hydrogen-bond donors (Lipinski definition) is 2. The Morgan fingerprint density at radius 2 is 1.58 bits per heavy atom. The molecule has 9 heteroatoms. The summed E-state index contributed by atoms with van der Waals surface area (Å²) in [5.41, 5.74) is 1.32. The summed E-state index contributed by atoms with van der Waals surface area (Å²) in [6.07, 6.45) is 7.93. The van der Waals surface area contributed by atoms with Crippen molar-refractivity contribution in [1.29, 1.82) is 0 Å². The minimum Gasteiger partial charge on any atom is -0.493 e. The number of nitrogens with zero attached hydrogens (tertiary/aromatic N) is 2. The molecule has 1 fully saturated rings. The molecule has 0 radical (unpaired) electrons. The second-order valence-electron chi connectivity index (χ2n) is 11.8. The minimum absolute atomic E-state index is 0.0000356. The number of fused-ring (bicyclic) bond motifs is 1. The molecule has 2 atom stereocenters. The Balaban J connectivity index is 1.57. The Kier molecular flexibility index (Phi) is 12.0. The fourth-order valence-corrected chi connectivity index (χ4v) is 5.85. The smallest absolute Gasteiger partial charge is 0.255 e. The van der Waals surface area contributed by atoms with E-state index in [0.29, 0.717) is 30.9 Å². The van der Waals surface area contributed by atoms with Crippen LogP contribution in [-0.4, -0.2) is 78.8 Å². The highest BCUT2D eigenvalue weighted by molar-refractivity contribution is 6.00. The number of ether oxygens (including phenoxy) is 1. The van der Waals surface area contributed by atoms with E-state index in [-0.39, 0.29) is 36.6 Å². The lowest BCUT2D eigenvalue weighted by molar-refractivity contribution is -0.144. The molecule has 2 aliphatic rings. The number of hydrogen-bond acceptors (Lipinski definition) is 5. The van der Waals surface area contributed by atoms with Gasteiger partial charge in [0.15, 0.2) is 0 Å². The van der Waals surface area contributed by atoms with Crippen molar-refractivity contribution in [3.63, 3.8) is 0 Å². The standard InChI is InChI=1S/C34H46N4O5/c1-37-22-12-3-4-13-23-43-30-19-11-10-18-27(30)32(40)36-28(33(41)35-26-16-8-9-17-26)20-21-31(39)38(2)29(34(37)42)24-25-14-6-5-7-15-25/h5-7,10-11,14-15,18-19,26,28-29H,3-4,8-9,12-13,16-17,20-24H2,1-2H3,(H,35,41)(H,36,40)/t28-,29-/m0/s1. The van der Waals surface area contributed by atoms with Crippen molar-refractivity contribution < 1.29 is 23.9 Å². The van der Waals surface area contributed by atoms with E-state index in [9.17, 15) is 19.2 Å². The number of amides is 4. The monoisotopic (exact) mass is 590 g/mol. The first-order valence-electron chi connectivity index (χ1n) is 15.7. The molecule has 43 heavy (non-hydrogen) atoms. The fourth-order valence-electron chi connectivity index (χ4n) is 5.85. The Hall–Kier alpha value is -3.88. The van der Waals surface area contributed by atoms with Crippen molar-refractivity contribution in [1.82, 2.24) is 20.4 Å². The molecule has 1 saturated carbocycles. The summed E-state index contributed by atoms with van der Waals surface area (Å²) in [5.74, 6) is -0.605. The van der Waals surface area contributed by atoms with Gasteiger partial charge in [-0.1, -0.05) is 68.1 Å². The molecule has 4 rings (SSSR count).